The van der Waals surface area contributed by atoms with Crippen molar-refractivity contribution < 1.29 is 9.53 Å². The smallest absolute Gasteiger partial charge is 0.244 e. The number of nitrogens with zero attached hydrogens (tertiary/aromatic N) is 1. The van der Waals surface area contributed by atoms with Crippen molar-refractivity contribution in [1.82, 2.24) is 4.90 Å². The number of anilines is 2. The van der Waals surface area contributed by atoms with Crippen LogP contribution in [0.25, 0.3) is 0 Å². The largest absolute Gasteiger partial charge is 0.489 e. The van der Waals surface area contributed by atoms with E-state index in [2.05, 4.69) is 5.32 Å². The molecule has 1 amide bonds. The molecule has 0 heterocycles. The molecule has 1 aromatic carbocycles. The molecule has 0 saturated heterocycles. The van der Waals surface area contributed by atoms with Crippen LogP contribution in [0.1, 0.15) is 34.6 Å². The molecule has 1 rings (SSSR count). The fraction of sp³-hybridized carbons (Fsp3) is 0.562. The van der Waals surface area contributed by atoms with Crippen molar-refractivity contribution in [3.05, 3.63) is 18.2 Å². The monoisotopic (exact) mass is 293 g/mol. The average molecular weight is 293 g/mol. The maximum Gasteiger partial charge on any atom is 0.244 e. The zero-order valence-corrected chi connectivity index (χ0v) is 13.6. The first-order chi connectivity index (χ1) is 9.88. The number of ether oxygens (including phenoxy) is 1. The molecule has 0 aliphatic heterocycles. The van der Waals surface area contributed by atoms with Gasteiger partial charge in [0.2, 0.25) is 5.91 Å². The maximum absolute atomic E-state index is 12.2. The highest BCUT2D eigenvalue weighted by Gasteiger charge is 2.18. The van der Waals surface area contributed by atoms with E-state index in [1.54, 1.807) is 11.0 Å². The third-order valence-corrected chi connectivity index (χ3v) is 3.20. The van der Waals surface area contributed by atoms with Gasteiger partial charge in [0.25, 0.3) is 0 Å². The predicted molar refractivity (Wildman–Crippen MR) is 87.6 cm³/mol. The Bertz CT molecular complexity index is 471. The Morgan fingerprint density at radius 1 is 1.29 bits per heavy atom. The quantitative estimate of drug-likeness (QED) is 0.759. The first-order valence-electron chi connectivity index (χ1n) is 7.50. The molecular weight excluding hydrogens is 266 g/mol. The van der Waals surface area contributed by atoms with Crippen LogP contribution < -0.4 is 15.8 Å². The second-order valence-corrected chi connectivity index (χ2v) is 5.30. The molecule has 0 aliphatic carbocycles. The lowest BCUT2D eigenvalue weighted by Crippen LogP contribution is -2.41. The molecule has 5 heteroatoms. The van der Waals surface area contributed by atoms with Gasteiger partial charge in [0.15, 0.2) is 0 Å². The molecular formula is C16H27N3O2. The van der Waals surface area contributed by atoms with E-state index in [4.69, 9.17) is 10.5 Å². The molecule has 0 saturated carbocycles. The molecule has 0 aromatic heterocycles. The Morgan fingerprint density at radius 2 is 1.90 bits per heavy atom. The lowest BCUT2D eigenvalue weighted by molar-refractivity contribution is -0.131. The Morgan fingerprint density at radius 3 is 2.43 bits per heavy atom. The second kappa shape index (κ2) is 7.76. The summed E-state index contributed by atoms with van der Waals surface area (Å²) in [7, 11) is 0. The molecule has 21 heavy (non-hydrogen) atoms. The van der Waals surface area contributed by atoms with E-state index < -0.39 is 0 Å². The number of nitrogens with one attached hydrogen (secondary N) is 1. The van der Waals surface area contributed by atoms with Gasteiger partial charge in [-0.05, 0) is 46.8 Å². The van der Waals surface area contributed by atoms with Gasteiger partial charge in [-0.15, -0.1) is 0 Å². The van der Waals surface area contributed by atoms with Gasteiger partial charge in [0, 0.05) is 24.8 Å². The molecule has 118 valence electrons. The van der Waals surface area contributed by atoms with Crippen LogP contribution in [0.3, 0.4) is 0 Å². The topological polar surface area (TPSA) is 67.6 Å². The summed E-state index contributed by atoms with van der Waals surface area (Å²) < 4.78 is 5.66. The normalized spacial score (nSPS) is 12.1. The van der Waals surface area contributed by atoms with Crippen molar-refractivity contribution in [1.29, 1.82) is 0 Å². The number of nitrogens with two attached hydrogens (primary N) is 1. The zero-order chi connectivity index (χ0) is 16.0. The molecule has 0 bridgehead atoms. The number of nitrogen functional groups attached to an aromatic ring is 1. The van der Waals surface area contributed by atoms with Crippen LogP contribution in [0.5, 0.6) is 5.75 Å². The molecule has 1 unspecified atom stereocenters. The van der Waals surface area contributed by atoms with Crippen molar-refractivity contribution in [3.8, 4) is 5.75 Å². The van der Waals surface area contributed by atoms with Gasteiger partial charge >= 0.3 is 0 Å². The summed E-state index contributed by atoms with van der Waals surface area (Å²) in [6, 6.07) is 5.19. The van der Waals surface area contributed by atoms with Crippen molar-refractivity contribution >= 4 is 17.3 Å². The predicted octanol–water partition coefficient (Wildman–Crippen LogP) is 2.72. The van der Waals surface area contributed by atoms with Gasteiger partial charge in [-0.3, -0.25) is 4.79 Å². The van der Waals surface area contributed by atoms with Crippen LogP contribution in [0.2, 0.25) is 0 Å². The Labute approximate surface area is 127 Å². The lowest BCUT2D eigenvalue weighted by Gasteiger charge is -2.24. The first kappa shape index (κ1) is 17.1. The molecule has 0 fully saturated rings. The number of carbonyl (C=O) groups is 1. The summed E-state index contributed by atoms with van der Waals surface area (Å²) in [4.78, 5) is 14.1. The van der Waals surface area contributed by atoms with E-state index in [0.717, 1.165) is 5.69 Å². The summed E-state index contributed by atoms with van der Waals surface area (Å²) in [6.45, 7) is 11.1. The fourth-order valence-electron chi connectivity index (χ4n) is 2.10. The molecule has 0 radical (unpaired) electrons. The summed E-state index contributed by atoms with van der Waals surface area (Å²) in [5.74, 6) is 0.723. The van der Waals surface area contributed by atoms with Crippen LogP contribution in [0, 0.1) is 0 Å². The van der Waals surface area contributed by atoms with E-state index in [-0.39, 0.29) is 18.1 Å². The zero-order valence-electron chi connectivity index (χ0n) is 13.6. The van der Waals surface area contributed by atoms with Gasteiger partial charge in [-0.1, -0.05) is 0 Å². The van der Waals surface area contributed by atoms with Crippen molar-refractivity contribution in [2.45, 2.75) is 46.8 Å². The number of rotatable bonds is 7. The summed E-state index contributed by atoms with van der Waals surface area (Å²) in [5.41, 5.74) is 7.31. The fourth-order valence-corrected chi connectivity index (χ4v) is 2.10. The van der Waals surface area contributed by atoms with E-state index in [1.165, 1.54) is 0 Å². The van der Waals surface area contributed by atoms with Crippen LogP contribution >= 0.6 is 0 Å². The molecule has 0 spiro atoms. The second-order valence-electron chi connectivity index (χ2n) is 5.30. The van der Waals surface area contributed by atoms with Gasteiger partial charge in [0.05, 0.1) is 11.8 Å². The van der Waals surface area contributed by atoms with Crippen LogP contribution in [-0.2, 0) is 4.79 Å². The van der Waals surface area contributed by atoms with Crippen LogP contribution in [0.15, 0.2) is 18.2 Å². The SMILES string of the molecule is CCN(CC)C(=O)C(C)Nc1ccc(N)c(OC(C)C)c1. The molecule has 0 aliphatic rings. The number of likely N-dealkylation sites (N-methyl/N-ethyl adjacent to an activating group) is 1. The van der Waals surface area contributed by atoms with Crippen LogP contribution in [0.4, 0.5) is 11.4 Å². The third-order valence-electron chi connectivity index (χ3n) is 3.20. The number of amides is 1. The maximum atomic E-state index is 12.2. The summed E-state index contributed by atoms with van der Waals surface area (Å²) in [6.07, 6.45) is 0.0530. The van der Waals surface area contributed by atoms with Crippen molar-refractivity contribution in [2.75, 3.05) is 24.1 Å². The van der Waals surface area contributed by atoms with Gasteiger partial charge in [0.1, 0.15) is 11.8 Å². The highest BCUT2D eigenvalue weighted by atomic mass is 16.5. The molecule has 5 nitrogen and oxygen atoms in total. The van der Waals surface area contributed by atoms with Gasteiger partial charge in [-0.25, -0.2) is 0 Å². The first-order valence-corrected chi connectivity index (χ1v) is 7.50. The van der Waals surface area contributed by atoms with Gasteiger partial charge in [-0.2, -0.15) is 0 Å². The highest BCUT2D eigenvalue weighted by Crippen LogP contribution is 2.27. The van der Waals surface area contributed by atoms with Crippen LogP contribution in [-0.4, -0.2) is 36.0 Å². The standard InChI is InChI=1S/C16H27N3O2/c1-6-19(7-2)16(20)12(5)18-13-8-9-14(17)15(10-13)21-11(3)4/h8-12,18H,6-7,17H2,1-5H3. The number of hydrogen-bond acceptors (Lipinski definition) is 4. The number of benzene rings is 1. The summed E-state index contributed by atoms with van der Waals surface area (Å²) >= 11 is 0. The minimum absolute atomic E-state index is 0.0530. The Balaban J connectivity index is 2.80. The minimum Gasteiger partial charge on any atom is -0.489 e. The van der Waals surface area contributed by atoms with E-state index in [1.807, 2.05) is 46.8 Å². The summed E-state index contributed by atoms with van der Waals surface area (Å²) in [5, 5.41) is 3.20. The lowest BCUT2D eigenvalue weighted by atomic mass is 10.2. The van der Waals surface area contributed by atoms with Crippen molar-refractivity contribution in [2.24, 2.45) is 0 Å². The highest BCUT2D eigenvalue weighted by molar-refractivity contribution is 5.84. The minimum atomic E-state index is -0.291. The van der Waals surface area contributed by atoms with Crippen molar-refractivity contribution in [3.63, 3.8) is 0 Å². The molecule has 1 atom stereocenters. The third kappa shape index (κ3) is 4.85. The molecule has 3 N–H and O–H groups in total. The van der Waals surface area contributed by atoms with E-state index >= 15 is 0 Å². The Hall–Kier alpha value is -1.91. The number of carbonyl (C=O) groups excluding carboxylic acids is 1. The van der Waals surface area contributed by atoms with E-state index in [9.17, 15) is 4.79 Å². The van der Waals surface area contributed by atoms with Gasteiger partial charge < -0.3 is 20.7 Å². The Kier molecular flexibility index (Phi) is 6.34. The number of hydrogen-bond donors (Lipinski definition) is 2. The molecule has 1 aromatic rings. The van der Waals surface area contributed by atoms with E-state index in [0.29, 0.717) is 24.5 Å². The average Bonchev–Trinajstić information content (AvgIpc) is 2.43.